The van der Waals surface area contributed by atoms with Crippen molar-refractivity contribution in [1.82, 2.24) is 5.32 Å². The van der Waals surface area contributed by atoms with Crippen LogP contribution in [0, 0.1) is 5.92 Å². The normalized spacial score (nSPS) is 11.2. The van der Waals surface area contributed by atoms with E-state index in [0.717, 1.165) is 45.1 Å². The van der Waals surface area contributed by atoms with Crippen LogP contribution >= 0.6 is 11.3 Å². The van der Waals surface area contributed by atoms with Crippen LogP contribution in [0.2, 0.25) is 0 Å². The molecule has 0 spiro atoms. The first kappa shape index (κ1) is 13.7. The maximum absolute atomic E-state index is 5.58. The van der Waals surface area contributed by atoms with Crippen molar-refractivity contribution in [2.24, 2.45) is 5.92 Å². The number of hydrogen-bond donors (Lipinski definition) is 1. The molecule has 0 radical (unpaired) electrons. The van der Waals surface area contributed by atoms with Crippen molar-refractivity contribution in [3.8, 4) is 0 Å². The molecule has 1 rings (SSSR count). The summed E-state index contributed by atoms with van der Waals surface area (Å²) in [5.41, 5.74) is 0. The van der Waals surface area contributed by atoms with Gasteiger partial charge in [-0.05, 0) is 36.9 Å². The van der Waals surface area contributed by atoms with Crippen molar-refractivity contribution in [3.63, 3.8) is 0 Å². The van der Waals surface area contributed by atoms with Gasteiger partial charge in [0.2, 0.25) is 0 Å². The lowest BCUT2D eigenvalue weighted by atomic mass is 10.2. The molecule has 0 aliphatic carbocycles. The monoisotopic (exact) mass is 241 g/mol. The predicted octanol–water partition coefficient (Wildman–Crippen LogP) is 2.94. The molecule has 0 aliphatic rings. The maximum Gasteiger partial charge on any atom is 0.0514 e. The minimum atomic E-state index is 0.736. The molecule has 16 heavy (non-hydrogen) atoms. The zero-order valence-corrected chi connectivity index (χ0v) is 11.2. The van der Waals surface area contributed by atoms with Gasteiger partial charge in [0.15, 0.2) is 0 Å². The van der Waals surface area contributed by atoms with Gasteiger partial charge < -0.3 is 10.1 Å². The Bertz CT molecular complexity index is 246. The van der Waals surface area contributed by atoms with Gasteiger partial charge in [-0.1, -0.05) is 19.9 Å². The zero-order chi connectivity index (χ0) is 11.6. The van der Waals surface area contributed by atoms with Crippen LogP contribution in [-0.2, 0) is 11.2 Å². The molecular formula is C13H23NOS. The van der Waals surface area contributed by atoms with Crippen LogP contribution in [0.3, 0.4) is 0 Å². The molecule has 0 fully saturated rings. The number of nitrogens with one attached hydrogen (secondary N) is 1. The first-order valence-corrected chi connectivity index (χ1v) is 6.98. The Morgan fingerprint density at radius 2 is 2.25 bits per heavy atom. The van der Waals surface area contributed by atoms with E-state index in [1.165, 1.54) is 4.88 Å². The predicted molar refractivity (Wildman–Crippen MR) is 71.2 cm³/mol. The third kappa shape index (κ3) is 6.99. The number of rotatable bonds is 9. The molecule has 0 saturated carbocycles. The fraction of sp³-hybridized carbons (Fsp3) is 0.692. The minimum absolute atomic E-state index is 0.736. The SMILES string of the molecule is CC(C)CNCCCOCCc1cccs1. The Labute approximate surface area is 103 Å². The molecule has 0 saturated heterocycles. The fourth-order valence-corrected chi connectivity index (χ4v) is 2.11. The van der Waals surface area contributed by atoms with E-state index in [1.54, 1.807) is 11.3 Å². The van der Waals surface area contributed by atoms with Crippen LogP contribution in [0.15, 0.2) is 17.5 Å². The van der Waals surface area contributed by atoms with Gasteiger partial charge in [-0.15, -0.1) is 11.3 Å². The lowest BCUT2D eigenvalue weighted by molar-refractivity contribution is 0.135. The Morgan fingerprint density at radius 3 is 2.94 bits per heavy atom. The number of thiophene rings is 1. The molecule has 0 atom stereocenters. The topological polar surface area (TPSA) is 21.3 Å². The Hall–Kier alpha value is -0.380. The van der Waals surface area contributed by atoms with E-state index in [1.807, 2.05) is 0 Å². The third-order valence-electron chi connectivity index (χ3n) is 2.27. The summed E-state index contributed by atoms with van der Waals surface area (Å²) >= 11 is 1.81. The molecule has 0 bridgehead atoms. The highest BCUT2D eigenvalue weighted by Gasteiger charge is 1.95. The summed E-state index contributed by atoms with van der Waals surface area (Å²) in [5.74, 6) is 0.736. The van der Waals surface area contributed by atoms with Crippen molar-refractivity contribution in [1.29, 1.82) is 0 Å². The van der Waals surface area contributed by atoms with Gasteiger partial charge in [0.25, 0.3) is 0 Å². The van der Waals surface area contributed by atoms with E-state index in [-0.39, 0.29) is 0 Å². The van der Waals surface area contributed by atoms with Gasteiger partial charge in [-0.25, -0.2) is 0 Å². The molecule has 0 aromatic carbocycles. The van der Waals surface area contributed by atoms with Crippen LogP contribution in [0.1, 0.15) is 25.1 Å². The second-order valence-corrected chi connectivity index (χ2v) is 5.43. The molecule has 1 N–H and O–H groups in total. The van der Waals surface area contributed by atoms with E-state index in [0.29, 0.717) is 0 Å². The van der Waals surface area contributed by atoms with Gasteiger partial charge in [0.1, 0.15) is 0 Å². The summed E-state index contributed by atoms with van der Waals surface area (Å²) in [6.45, 7) is 8.35. The lowest BCUT2D eigenvalue weighted by Crippen LogP contribution is -2.21. The lowest BCUT2D eigenvalue weighted by Gasteiger charge is -2.07. The van der Waals surface area contributed by atoms with E-state index < -0.39 is 0 Å². The Kier molecular flexibility index (Phi) is 7.47. The molecule has 1 aromatic rings. The van der Waals surface area contributed by atoms with Crippen molar-refractivity contribution < 1.29 is 4.74 Å². The summed E-state index contributed by atoms with van der Waals surface area (Å²) in [6.07, 6.45) is 2.16. The van der Waals surface area contributed by atoms with E-state index in [9.17, 15) is 0 Å². The Balaban J connectivity index is 1.82. The van der Waals surface area contributed by atoms with Gasteiger partial charge >= 0.3 is 0 Å². The first-order valence-electron chi connectivity index (χ1n) is 6.10. The number of hydrogen-bond acceptors (Lipinski definition) is 3. The Morgan fingerprint density at radius 1 is 1.38 bits per heavy atom. The minimum Gasteiger partial charge on any atom is -0.381 e. The summed E-state index contributed by atoms with van der Waals surface area (Å²) in [6, 6.07) is 4.26. The van der Waals surface area contributed by atoms with Crippen molar-refractivity contribution in [2.45, 2.75) is 26.7 Å². The van der Waals surface area contributed by atoms with Gasteiger partial charge in [0.05, 0.1) is 6.61 Å². The van der Waals surface area contributed by atoms with Crippen LogP contribution < -0.4 is 5.32 Å². The number of ether oxygens (including phenoxy) is 1. The molecule has 0 unspecified atom stereocenters. The summed E-state index contributed by atoms with van der Waals surface area (Å²) in [5, 5.41) is 5.53. The zero-order valence-electron chi connectivity index (χ0n) is 10.4. The largest absolute Gasteiger partial charge is 0.381 e. The van der Waals surface area contributed by atoms with E-state index in [4.69, 9.17) is 4.74 Å². The molecule has 92 valence electrons. The molecule has 1 aromatic heterocycles. The second-order valence-electron chi connectivity index (χ2n) is 4.39. The highest BCUT2D eigenvalue weighted by molar-refractivity contribution is 7.09. The molecule has 0 aliphatic heterocycles. The van der Waals surface area contributed by atoms with Crippen LogP contribution in [-0.4, -0.2) is 26.3 Å². The van der Waals surface area contributed by atoms with Crippen LogP contribution in [0.4, 0.5) is 0 Å². The molecule has 1 heterocycles. The molecule has 0 amide bonds. The van der Waals surface area contributed by atoms with Crippen molar-refractivity contribution >= 4 is 11.3 Å². The van der Waals surface area contributed by atoms with Crippen LogP contribution in [0.25, 0.3) is 0 Å². The van der Waals surface area contributed by atoms with Gasteiger partial charge in [0, 0.05) is 17.9 Å². The molecule has 2 nitrogen and oxygen atoms in total. The molecular weight excluding hydrogens is 218 g/mol. The molecule has 3 heteroatoms. The fourth-order valence-electron chi connectivity index (χ4n) is 1.42. The average Bonchev–Trinajstić information content (AvgIpc) is 2.74. The maximum atomic E-state index is 5.58. The second kappa shape index (κ2) is 8.74. The van der Waals surface area contributed by atoms with E-state index >= 15 is 0 Å². The smallest absolute Gasteiger partial charge is 0.0514 e. The van der Waals surface area contributed by atoms with E-state index in [2.05, 4.69) is 36.7 Å². The standard InChI is InChI=1S/C13H23NOS/c1-12(2)11-14-7-4-8-15-9-6-13-5-3-10-16-13/h3,5,10,12,14H,4,6-9,11H2,1-2H3. The average molecular weight is 241 g/mol. The highest BCUT2D eigenvalue weighted by Crippen LogP contribution is 2.08. The van der Waals surface area contributed by atoms with Crippen LogP contribution in [0.5, 0.6) is 0 Å². The highest BCUT2D eigenvalue weighted by atomic mass is 32.1. The van der Waals surface area contributed by atoms with Crippen molar-refractivity contribution in [3.05, 3.63) is 22.4 Å². The van der Waals surface area contributed by atoms with Gasteiger partial charge in [-0.3, -0.25) is 0 Å². The van der Waals surface area contributed by atoms with Gasteiger partial charge in [-0.2, -0.15) is 0 Å². The summed E-state index contributed by atoms with van der Waals surface area (Å²) in [4.78, 5) is 1.41. The quantitative estimate of drug-likeness (QED) is 0.671. The van der Waals surface area contributed by atoms with Crippen molar-refractivity contribution in [2.75, 3.05) is 26.3 Å². The summed E-state index contributed by atoms with van der Waals surface area (Å²) in [7, 11) is 0. The first-order chi connectivity index (χ1) is 7.79. The third-order valence-corrected chi connectivity index (χ3v) is 3.20. The summed E-state index contributed by atoms with van der Waals surface area (Å²) < 4.78 is 5.58.